The topological polar surface area (TPSA) is 44.8 Å². The van der Waals surface area contributed by atoms with Gasteiger partial charge in [0.25, 0.3) is 0 Å². The van der Waals surface area contributed by atoms with Crippen LogP contribution in [0.2, 0.25) is 5.02 Å². The van der Waals surface area contributed by atoms with Crippen molar-refractivity contribution in [2.45, 2.75) is 19.4 Å². The fourth-order valence-corrected chi connectivity index (χ4v) is 3.69. The third-order valence-electron chi connectivity index (χ3n) is 5.03. The van der Waals surface area contributed by atoms with Gasteiger partial charge in [-0.05, 0) is 37.1 Å². The molecule has 0 aliphatic carbocycles. The van der Waals surface area contributed by atoms with Crippen LogP contribution >= 0.6 is 11.6 Å². The van der Waals surface area contributed by atoms with Crippen molar-refractivity contribution >= 4 is 17.5 Å². The summed E-state index contributed by atoms with van der Waals surface area (Å²) in [6, 6.07) is 7.98. The summed E-state index contributed by atoms with van der Waals surface area (Å²) < 4.78 is 5.35. The highest BCUT2D eigenvalue weighted by Gasteiger charge is 2.25. The standard InChI is InChI=1S/C19H28ClN3O2/c20-18-5-3-16(4-6-18)14-23-8-1-2-17(15-23)19(24)21-7-9-22-10-12-25-13-11-22/h3-6,17H,1-2,7-15H2,(H,21,24). The SMILES string of the molecule is O=C(NCCN1CCOCC1)C1CCCN(Cc2ccc(Cl)cc2)C1. The molecule has 1 aromatic carbocycles. The number of rotatable bonds is 6. The van der Waals surface area contributed by atoms with Gasteiger partial charge in [0.05, 0.1) is 19.1 Å². The van der Waals surface area contributed by atoms with Crippen molar-refractivity contribution in [1.82, 2.24) is 15.1 Å². The summed E-state index contributed by atoms with van der Waals surface area (Å²) in [5.41, 5.74) is 1.25. The Labute approximate surface area is 155 Å². The predicted molar refractivity (Wildman–Crippen MR) is 99.7 cm³/mol. The first kappa shape index (κ1) is 18.6. The first-order valence-electron chi connectivity index (χ1n) is 9.25. The van der Waals surface area contributed by atoms with E-state index in [2.05, 4.69) is 27.2 Å². The van der Waals surface area contributed by atoms with Gasteiger partial charge in [0.1, 0.15) is 0 Å². The molecule has 0 bridgehead atoms. The highest BCUT2D eigenvalue weighted by atomic mass is 35.5. The Bertz CT molecular complexity index is 546. The zero-order valence-electron chi connectivity index (χ0n) is 14.8. The number of hydrogen-bond donors (Lipinski definition) is 1. The number of amides is 1. The quantitative estimate of drug-likeness (QED) is 0.837. The van der Waals surface area contributed by atoms with E-state index in [0.29, 0.717) is 0 Å². The summed E-state index contributed by atoms with van der Waals surface area (Å²) >= 11 is 5.95. The van der Waals surface area contributed by atoms with Gasteiger partial charge in [-0.15, -0.1) is 0 Å². The van der Waals surface area contributed by atoms with Gasteiger partial charge >= 0.3 is 0 Å². The number of morpholine rings is 1. The molecule has 6 heteroatoms. The van der Waals surface area contributed by atoms with Crippen molar-refractivity contribution < 1.29 is 9.53 Å². The molecule has 2 heterocycles. The van der Waals surface area contributed by atoms with Crippen LogP contribution in [0.25, 0.3) is 0 Å². The van der Waals surface area contributed by atoms with Gasteiger partial charge in [-0.1, -0.05) is 23.7 Å². The number of ether oxygens (including phenoxy) is 1. The maximum atomic E-state index is 12.5. The van der Waals surface area contributed by atoms with Crippen LogP contribution in [-0.4, -0.2) is 68.2 Å². The van der Waals surface area contributed by atoms with Gasteiger partial charge < -0.3 is 10.1 Å². The molecule has 25 heavy (non-hydrogen) atoms. The molecule has 1 unspecified atom stereocenters. The Hall–Kier alpha value is -1.14. The van der Waals surface area contributed by atoms with E-state index in [-0.39, 0.29) is 11.8 Å². The van der Waals surface area contributed by atoms with Gasteiger partial charge in [0.2, 0.25) is 5.91 Å². The van der Waals surface area contributed by atoms with E-state index in [1.807, 2.05) is 12.1 Å². The second kappa shape index (κ2) is 9.53. The summed E-state index contributed by atoms with van der Waals surface area (Å²) in [7, 11) is 0. The van der Waals surface area contributed by atoms with E-state index in [4.69, 9.17) is 16.3 Å². The number of piperidine rings is 1. The Balaban J connectivity index is 1.40. The zero-order valence-corrected chi connectivity index (χ0v) is 15.5. The van der Waals surface area contributed by atoms with Gasteiger partial charge in [-0.2, -0.15) is 0 Å². The normalized spacial score (nSPS) is 22.7. The molecule has 0 spiro atoms. The lowest BCUT2D eigenvalue weighted by atomic mass is 9.96. The summed E-state index contributed by atoms with van der Waals surface area (Å²) in [6.45, 7) is 7.96. The van der Waals surface area contributed by atoms with Gasteiger partial charge in [-0.3, -0.25) is 14.6 Å². The maximum Gasteiger partial charge on any atom is 0.224 e. The first-order chi connectivity index (χ1) is 12.2. The van der Waals surface area contributed by atoms with Crippen LogP contribution in [0.15, 0.2) is 24.3 Å². The lowest BCUT2D eigenvalue weighted by Crippen LogP contribution is -2.45. The lowest BCUT2D eigenvalue weighted by molar-refractivity contribution is -0.126. The molecule has 2 aliphatic heterocycles. The Morgan fingerprint density at radius 3 is 2.68 bits per heavy atom. The molecule has 1 amide bonds. The smallest absolute Gasteiger partial charge is 0.224 e. The first-order valence-corrected chi connectivity index (χ1v) is 9.63. The summed E-state index contributed by atoms with van der Waals surface area (Å²) in [5, 5.41) is 3.89. The van der Waals surface area contributed by atoms with E-state index >= 15 is 0 Å². The number of nitrogens with one attached hydrogen (secondary N) is 1. The van der Waals surface area contributed by atoms with Crippen molar-refractivity contribution in [3.8, 4) is 0 Å². The summed E-state index contributed by atoms with van der Waals surface area (Å²) in [6.07, 6.45) is 2.07. The van der Waals surface area contributed by atoms with Gasteiger partial charge in [0.15, 0.2) is 0 Å². The van der Waals surface area contributed by atoms with Crippen LogP contribution in [0.3, 0.4) is 0 Å². The minimum absolute atomic E-state index is 0.103. The third-order valence-corrected chi connectivity index (χ3v) is 5.28. The van der Waals surface area contributed by atoms with Crippen LogP contribution in [-0.2, 0) is 16.1 Å². The van der Waals surface area contributed by atoms with Crippen LogP contribution < -0.4 is 5.32 Å². The van der Waals surface area contributed by atoms with E-state index in [0.717, 1.165) is 76.9 Å². The Morgan fingerprint density at radius 2 is 1.92 bits per heavy atom. The zero-order chi connectivity index (χ0) is 17.5. The number of halogens is 1. The van der Waals surface area contributed by atoms with E-state index < -0.39 is 0 Å². The molecule has 2 fully saturated rings. The fraction of sp³-hybridized carbons (Fsp3) is 0.632. The largest absolute Gasteiger partial charge is 0.379 e. The number of benzene rings is 1. The lowest BCUT2D eigenvalue weighted by Gasteiger charge is -2.32. The maximum absolute atomic E-state index is 12.5. The molecule has 1 N–H and O–H groups in total. The molecule has 3 rings (SSSR count). The average molecular weight is 366 g/mol. The minimum Gasteiger partial charge on any atom is -0.379 e. The summed E-state index contributed by atoms with van der Waals surface area (Å²) in [5.74, 6) is 0.305. The highest BCUT2D eigenvalue weighted by molar-refractivity contribution is 6.30. The fourth-order valence-electron chi connectivity index (χ4n) is 3.57. The highest BCUT2D eigenvalue weighted by Crippen LogP contribution is 2.19. The van der Waals surface area contributed by atoms with Crippen LogP contribution in [0, 0.1) is 5.92 Å². The Kier molecular flexibility index (Phi) is 7.11. The molecular formula is C19H28ClN3O2. The molecule has 0 radical (unpaired) electrons. The Morgan fingerprint density at radius 1 is 1.16 bits per heavy atom. The third kappa shape index (κ3) is 5.96. The van der Waals surface area contributed by atoms with Crippen molar-refractivity contribution in [1.29, 1.82) is 0 Å². The number of likely N-dealkylation sites (tertiary alicyclic amines) is 1. The molecule has 0 aromatic heterocycles. The van der Waals surface area contributed by atoms with Crippen molar-refractivity contribution in [2.75, 3.05) is 52.5 Å². The van der Waals surface area contributed by atoms with Gasteiger partial charge in [0, 0.05) is 44.3 Å². The number of hydrogen-bond acceptors (Lipinski definition) is 4. The molecule has 1 atom stereocenters. The molecule has 5 nitrogen and oxygen atoms in total. The molecular weight excluding hydrogens is 338 g/mol. The minimum atomic E-state index is 0.103. The molecule has 2 saturated heterocycles. The second-order valence-electron chi connectivity index (χ2n) is 6.95. The monoisotopic (exact) mass is 365 g/mol. The molecule has 2 aliphatic rings. The molecule has 138 valence electrons. The van der Waals surface area contributed by atoms with Crippen LogP contribution in [0.4, 0.5) is 0 Å². The average Bonchev–Trinajstić information content (AvgIpc) is 2.65. The van der Waals surface area contributed by atoms with E-state index in [1.54, 1.807) is 0 Å². The van der Waals surface area contributed by atoms with Crippen LogP contribution in [0.1, 0.15) is 18.4 Å². The number of carbonyl (C=O) groups is 1. The molecule has 1 aromatic rings. The van der Waals surface area contributed by atoms with Gasteiger partial charge in [-0.25, -0.2) is 0 Å². The predicted octanol–water partition coefficient (Wildman–Crippen LogP) is 2.00. The number of nitrogens with zero attached hydrogens (tertiary/aromatic N) is 2. The van der Waals surface area contributed by atoms with Crippen molar-refractivity contribution in [3.63, 3.8) is 0 Å². The van der Waals surface area contributed by atoms with E-state index in [9.17, 15) is 4.79 Å². The second-order valence-corrected chi connectivity index (χ2v) is 7.38. The summed E-state index contributed by atoms with van der Waals surface area (Å²) in [4.78, 5) is 17.2. The molecule has 0 saturated carbocycles. The van der Waals surface area contributed by atoms with Crippen molar-refractivity contribution in [2.24, 2.45) is 5.92 Å². The van der Waals surface area contributed by atoms with E-state index in [1.165, 1.54) is 5.56 Å². The number of carbonyl (C=O) groups excluding carboxylic acids is 1. The van der Waals surface area contributed by atoms with Crippen molar-refractivity contribution in [3.05, 3.63) is 34.9 Å². The van der Waals surface area contributed by atoms with Crippen LogP contribution in [0.5, 0.6) is 0 Å².